The first-order valence-electron chi connectivity index (χ1n) is 6.52. The van der Waals surface area contributed by atoms with Crippen LogP contribution in [0.2, 0.25) is 0 Å². The molecule has 0 atom stereocenters. The van der Waals surface area contributed by atoms with Crippen LogP contribution in [0.1, 0.15) is 63.3 Å². The Labute approximate surface area is 149 Å². The largest absolute Gasteiger partial charge is 0.507 e. The molecule has 0 unspecified atom stereocenters. The molecule has 0 spiro atoms. The summed E-state index contributed by atoms with van der Waals surface area (Å²) in [7, 11) is 0. The molecule has 1 rings (SSSR count). The zero-order valence-electron chi connectivity index (χ0n) is 12.9. The van der Waals surface area contributed by atoms with Gasteiger partial charge in [-0.3, -0.25) is 4.79 Å². The van der Waals surface area contributed by atoms with E-state index in [1.54, 1.807) is 0 Å². The number of aromatic hydroxyl groups is 1. The summed E-state index contributed by atoms with van der Waals surface area (Å²) < 4.78 is 0. The first kappa shape index (κ1) is 22.1. The number of phenolic OH excluding ortho intramolecular Hbond substituents is 1. The molecule has 0 aliphatic heterocycles. The molecule has 3 heteroatoms. The molecule has 0 aromatic heterocycles. The number of rotatable bonds is 4. The summed E-state index contributed by atoms with van der Waals surface area (Å²) in [5, 5.41) is 10.4. The predicted molar refractivity (Wildman–Crippen MR) is 82.0 cm³/mol. The van der Waals surface area contributed by atoms with Crippen LogP contribution in [-0.4, -0.2) is 10.9 Å². The summed E-state index contributed by atoms with van der Waals surface area (Å²) in [6.07, 6.45) is 1.02. The maximum Gasteiger partial charge on any atom is 0.133 e. The van der Waals surface area contributed by atoms with E-state index >= 15 is 0 Å². The van der Waals surface area contributed by atoms with Gasteiger partial charge in [-0.05, 0) is 37.5 Å². The molecule has 0 aliphatic carbocycles. The molecule has 1 aromatic rings. The van der Waals surface area contributed by atoms with Gasteiger partial charge in [0.1, 0.15) is 11.5 Å². The van der Waals surface area contributed by atoms with Crippen LogP contribution in [0.25, 0.3) is 0 Å². The normalized spacial score (nSPS) is 10.5. The number of benzene rings is 1. The smallest absolute Gasteiger partial charge is 0.133 e. The van der Waals surface area contributed by atoms with E-state index in [9.17, 15) is 9.90 Å². The Bertz CT molecular complexity index is 476. The molecule has 1 N–H and O–H groups in total. The molecular weight excluding hydrogens is 325 g/mol. The topological polar surface area (TPSA) is 37.3 Å². The van der Waals surface area contributed by atoms with Gasteiger partial charge in [0.2, 0.25) is 0 Å². The van der Waals surface area contributed by atoms with E-state index < -0.39 is 0 Å². The predicted octanol–water partition coefficient (Wildman–Crippen LogP) is 4.60. The number of aryl methyl sites for hydroxylation is 2. The second-order valence-corrected chi connectivity index (χ2v) is 5.81. The van der Waals surface area contributed by atoms with Crippen molar-refractivity contribution in [1.82, 2.24) is 0 Å². The Morgan fingerprint density at radius 2 is 1.70 bits per heavy atom. The maximum absolute atomic E-state index is 11.7. The van der Waals surface area contributed by atoms with Gasteiger partial charge in [0, 0.05) is 56.5 Å². The van der Waals surface area contributed by atoms with E-state index in [0.717, 1.165) is 22.3 Å². The fourth-order valence-corrected chi connectivity index (χ4v) is 2.63. The fourth-order valence-electron chi connectivity index (χ4n) is 2.63. The number of carbonyl (C=O) groups excluding carboxylic acids is 1. The van der Waals surface area contributed by atoms with E-state index in [4.69, 9.17) is 0 Å². The molecule has 0 aliphatic rings. The zero-order chi connectivity index (χ0) is 14.1. The van der Waals surface area contributed by atoms with Crippen molar-refractivity contribution in [2.45, 2.75) is 67.2 Å². The molecule has 1 radical (unpaired) electrons. The first-order chi connectivity index (χ1) is 8.20. The van der Waals surface area contributed by atoms with Crippen LogP contribution in [0, 0.1) is 20.8 Å². The molecule has 111 valence electrons. The molecule has 1 aromatic carbocycles. The minimum Gasteiger partial charge on any atom is -0.507 e. The van der Waals surface area contributed by atoms with Crippen LogP contribution >= 0.6 is 0 Å². The number of hydrogen-bond donors (Lipinski definition) is 1. The second-order valence-electron chi connectivity index (χ2n) is 5.81. The van der Waals surface area contributed by atoms with Crippen molar-refractivity contribution in [3.8, 4) is 5.75 Å². The monoisotopic (exact) mass is 353 g/mol. The summed E-state index contributed by atoms with van der Waals surface area (Å²) >= 11 is 0. The molecule has 0 fully saturated rings. The molecule has 0 saturated heterocycles. The van der Waals surface area contributed by atoms with Gasteiger partial charge in [0.25, 0.3) is 0 Å². The third-order valence-corrected chi connectivity index (χ3v) is 3.72. The van der Waals surface area contributed by atoms with Gasteiger partial charge in [0.15, 0.2) is 0 Å². The molecule has 0 amide bonds. The van der Waals surface area contributed by atoms with Crippen molar-refractivity contribution in [1.29, 1.82) is 0 Å². The number of ketones is 1. The van der Waals surface area contributed by atoms with Crippen molar-refractivity contribution in [3.63, 3.8) is 0 Å². The number of hydrogen-bond acceptors (Lipinski definition) is 2. The summed E-state index contributed by atoms with van der Waals surface area (Å²) in [4.78, 5) is 11.7. The Balaban J connectivity index is 0. The summed E-state index contributed by atoms with van der Waals surface area (Å²) in [6.45, 7) is 11.8. The maximum atomic E-state index is 11.7. The van der Waals surface area contributed by atoms with Gasteiger partial charge in [-0.2, -0.15) is 0 Å². The van der Waals surface area contributed by atoms with Crippen LogP contribution in [-0.2, 0) is 42.9 Å². The average Bonchev–Trinajstić information content (AvgIpc) is 2.24. The Kier molecular flexibility index (Phi) is 9.15. The SMILES string of the molecule is C.CCC(=O)CC(C)(C)c1c(C)cc(C)c(C)c1O.[Y]. The average molecular weight is 353 g/mol. The van der Waals surface area contributed by atoms with Crippen LogP contribution < -0.4 is 0 Å². The molecule has 0 saturated carbocycles. The zero-order valence-corrected chi connectivity index (χ0v) is 15.8. The third kappa shape index (κ3) is 4.67. The van der Waals surface area contributed by atoms with Gasteiger partial charge >= 0.3 is 0 Å². The van der Waals surface area contributed by atoms with E-state index in [0.29, 0.717) is 18.6 Å². The van der Waals surface area contributed by atoms with E-state index in [1.807, 2.05) is 41.5 Å². The minimum atomic E-state index is -0.320. The second kappa shape index (κ2) is 8.29. The van der Waals surface area contributed by atoms with Gasteiger partial charge in [-0.25, -0.2) is 0 Å². The van der Waals surface area contributed by atoms with Crippen molar-refractivity contribution < 1.29 is 42.6 Å². The van der Waals surface area contributed by atoms with Crippen molar-refractivity contribution in [2.75, 3.05) is 0 Å². The van der Waals surface area contributed by atoms with E-state index in [2.05, 4.69) is 6.07 Å². The van der Waals surface area contributed by atoms with E-state index in [-0.39, 0.29) is 51.3 Å². The van der Waals surface area contributed by atoms with E-state index in [1.165, 1.54) is 0 Å². The standard InChI is InChI=1S/C16H24O2.CH4.Y/c1-7-13(17)9-16(5,6)14-11(3)8-10(2)12(4)15(14)18;;/h8,18H,7,9H2,1-6H3;1H4;. The van der Waals surface area contributed by atoms with Gasteiger partial charge in [-0.15, -0.1) is 0 Å². The molecule has 0 bridgehead atoms. The quantitative estimate of drug-likeness (QED) is 0.859. The molecule has 0 heterocycles. The third-order valence-electron chi connectivity index (χ3n) is 3.72. The van der Waals surface area contributed by atoms with Crippen molar-refractivity contribution >= 4 is 5.78 Å². The van der Waals surface area contributed by atoms with Crippen LogP contribution in [0.5, 0.6) is 5.75 Å². The first-order valence-corrected chi connectivity index (χ1v) is 6.52. The fraction of sp³-hybridized carbons (Fsp3) is 0.588. The summed E-state index contributed by atoms with van der Waals surface area (Å²) in [6, 6.07) is 2.09. The van der Waals surface area contributed by atoms with Crippen LogP contribution in [0.3, 0.4) is 0 Å². The van der Waals surface area contributed by atoms with Crippen molar-refractivity contribution in [2.24, 2.45) is 0 Å². The number of Topliss-reactive ketones (excluding diaryl/α,β-unsaturated/α-hetero) is 1. The Morgan fingerprint density at radius 1 is 1.20 bits per heavy atom. The number of phenols is 1. The van der Waals surface area contributed by atoms with Crippen LogP contribution in [0.4, 0.5) is 0 Å². The summed E-state index contributed by atoms with van der Waals surface area (Å²) in [5.74, 6) is 0.582. The van der Waals surface area contributed by atoms with Crippen LogP contribution in [0.15, 0.2) is 6.07 Å². The Hall–Kier alpha value is -0.206. The Morgan fingerprint density at radius 3 is 2.15 bits per heavy atom. The van der Waals surface area contributed by atoms with Gasteiger partial charge in [-0.1, -0.05) is 34.3 Å². The number of carbonyl (C=O) groups is 1. The van der Waals surface area contributed by atoms with Crippen molar-refractivity contribution in [3.05, 3.63) is 28.3 Å². The minimum absolute atomic E-state index is 0. The summed E-state index contributed by atoms with van der Waals surface area (Å²) in [5.41, 5.74) is 3.65. The van der Waals surface area contributed by atoms with Gasteiger partial charge in [0.05, 0.1) is 0 Å². The molecule has 20 heavy (non-hydrogen) atoms. The molecular formula is C17H28O2Y. The van der Waals surface area contributed by atoms with Gasteiger partial charge < -0.3 is 5.11 Å². The molecule has 2 nitrogen and oxygen atoms in total.